The number of benzene rings is 1. The van der Waals surface area contributed by atoms with E-state index >= 15 is 0 Å². The molecule has 1 aliphatic carbocycles. The Morgan fingerprint density at radius 1 is 1.30 bits per heavy atom. The minimum absolute atomic E-state index is 0.194. The zero-order valence-corrected chi connectivity index (χ0v) is 13.6. The van der Waals surface area contributed by atoms with Gasteiger partial charge in [-0.2, -0.15) is 13.2 Å². The quantitative estimate of drug-likeness (QED) is 0.821. The van der Waals surface area contributed by atoms with Gasteiger partial charge in [0.25, 0.3) is 5.91 Å². The Morgan fingerprint density at radius 2 is 1.87 bits per heavy atom. The smallest absolute Gasteiger partial charge is 0.332 e. The van der Waals surface area contributed by atoms with Gasteiger partial charge in [0.2, 0.25) is 0 Å². The lowest BCUT2D eigenvalue weighted by atomic mass is 10.0. The van der Waals surface area contributed by atoms with E-state index in [9.17, 15) is 26.4 Å². The highest BCUT2D eigenvalue weighted by molar-refractivity contribution is 7.90. The van der Waals surface area contributed by atoms with Crippen molar-refractivity contribution in [2.75, 3.05) is 12.0 Å². The van der Waals surface area contributed by atoms with Crippen LogP contribution in [0, 0.1) is 0 Å². The molecule has 1 aromatic rings. The van der Waals surface area contributed by atoms with Crippen LogP contribution in [-0.2, 0) is 16.0 Å². The molecule has 128 valence electrons. The topological polar surface area (TPSA) is 54.5 Å². The molecule has 4 nitrogen and oxygen atoms in total. The van der Waals surface area contributed by atoms with E-state index in [2.05, 4.69) is 0 Å². The summed E-state index contributed by atoms with van der Waals surface area (Å²) in [4.78, 5) is 13.9. The highest BCUT2D eigenvalue weighted by atomic mass is 32.2. The average molecular weight is 349 g/mol. The van der Waals surface area contributed by atoms with Crippen LogP contribution in [0.3, 0.4) is 0 Å². The summed E-state index contributed by atoms with van der Waals surface area (Å²) in [6.45, 7) is 1.55. The van der Waals surface area contributed by atoms with Gasteiger partial charge in [-0.05, 0) is 31.9 Å². The molecule has 8 heteroatoms. The Bertz CT molecular complexity index is 696. The summed E-state index contributed by atoms with van der Waals surface area (Å²) in [7, 11) is -3.34. The summed E-state index contributed by atoms with van der Waals surface area (Å²) in [5.41, 5.74) is -1.44. The molecule has 1 atom stereocenters. The molecule has 0 aliphatic heterocycles. The first-order valence-electron chi connectivity index (χ1n) is 7.17. The third kappa shape index (κ3) is 4.46. The summed E-state index contributed by atoms with van der Waals surface area (Å²) in [5, 5.41) is 0. The molecule has 1 fully saturated rings. The van der Waals surface area contributed by atoms with Crippen LogP contribution in [0.25, 0.3) is 0 Å². The molecule has 23 heavy (non-hydrogen) atoms. The Balaban J connectivity index is 2.37. The number of carbonyl (C=O) groups is 1. The third-order valence-corrected chi connectivity index (χ3v) is 4.74. The number of amides is 1. The van der Waals surface area contributed by atoms with Gasteiger partial charge in [-0.25, -0.2) is 8.42 Å². The molecule has 0 bridgehead atoms. The van der Waals surface area contributed by atoms with E-state index in [0.717, 1.165) is 18.4 Å². The molecule has 0 unspecified atom stereocenters. The lowest BCUT2D eigenvalue weighted by Gasteiger charge is -2.30. The fraction of sp³-hybridized carbons (Fsp3) is 0.533. The Hall–Kier alpha value is -1.57. The molecule has 2 rings (SSSR count). The number of alkyl halides is 3. The fourth-order valence-electron chi connectivity index (χ4n) is 2.65. The lowest BCUT2D eigenvalue weighted by molar-refractivity contribution is -0.138. The largest absolute Gasteiger partial charge is 0.417 e. The zero-order valence-electron chi connectivity index (χ0n) is 12.8. The van der Waals surface area contributed by atoms with Crippen LogP contribution in [0.15, 0.2) is 24.3 Å². The predicted octanol–water partition coefficient (Wildman–Crippen LogP) is 2.74. The molecule has 1 amide bonds. The Morgan fingerprint density at radius 3 is 2.35 bits per heavy atom. The second kappa shape index (κ2) is 6.14. The number of nitrogens with zero attached hydrogens (tertiary/aromatic N) is 1. The van der Waals surface area contributed by atoms with E-state index in [1.54, 1.807) is 6.92 Å². The maximum atomic E-state index is 13.1. The average Bonchev–Trinajstić information content (AvgIpc) is 3.20. The fourth-order valence-corrected chi connectivity index (χ4v) is 3.69. The number of carbonyl (C=O) groups excluding carboxylic acids is 1. The van der Waals surface area contributed by atoms with Gasteiger partial charge in [-0.15, -0.1) is 0 Å². The van der Waals surface area contributed by atoms with E-state index in [1.807, 2.05) is 0 Å². The van der Waals surface area contributed by atoms with Crippen molar-refractivity contribution in [1.29, 1.82) is 0 Å². The summed E-state index contributed by atoms with van der Waals surface area (Å²) < 4.78 is 62.2. The van der Waals surface area contributed by atoms with Crippen LogP contribution in [0.4, 0.5) is 13.2 Å². The second-order valence-corrected chi connectivity index (χ2v) is 8.11. The summed E-state index contributed by atoms with van der Waals surface area (Å²) >= 11 is 0. The van der Waals surface area contributed by atoms with E-state index < -0.39 is 39.1 Å². The number of rotatable bonds is 5. The first kappa shape index (κ1) is 17.8. The van der Waals surface area contributed by atoms with Gasteiger partial charge in [0.05, 0.1) is 16.9 Å². The molecule has 0 saturated heterocycles. The van der Waals surface area contributed by atoms with E-state index in [1.165, 1.54) is 17.0 Å². The molecule has 0 heterocycles. The van der Waals surface area contributed by atoms with Crippen molar-refractivity contribution in [3.63, 3.8) is 0 Å². The van der Waals surface area contributed by atoms with Crippen LogP contribution < -0.4 is 0 Å². The first-order chi connectivity index (χ1) is 10.5. The van der Waals surface area contributed by atoms with Crippen LogP contribution in [0.5, 0.6) is 0 Å². The zero-order chi connectivity index (χ0) is 17.4. The number of hydrogen-bond donors (Lipinski definition) is 0. The van der Waals surface area contributed by atoms with Crippen molar-refractivity contribution in [1.82, 2.24) is 4.90 Å². The summed E-state index contributed by atoms with van der Waals surface area (Å²) in [6, 6.07) is 3.72. The van der Waals surface area contributed by atoms with Crippen LogP contribution >= 0.6 is 0 Å². The first-order valence-corrected chi connectivity index (χ1v) is 9.23. The Labute approximate surface area is 133 Å². The van der Waals surface area contributed by atoms with Crippen molar-refractivity contribution < 1.29 is 26.4 Å². The van der Waals surface area contributed by atoms with Crippen molar-refractivity contribution in [3.05, 3.63) is 35.4 Å². The van der Waals surface area contributed by atoms with Crippen LogP contribution in [0.2, 0.25) is 0 Å². The summed E-state index contributed by atoms with van der Waals surface area (Å²) in [5.74, 6) is -1.04. The minimum atomic E-state index is -4.64. The van der Waals surface area contributed by atoms with Crippen LogP contribution in [0.1, 0.15) is 35.7 Å². The van der Waals surface area contributed by atoms with Crippen molar-refractivity contribution in [3.8, 4) is 0 Å². The van der Waals surface area contributed by atoms with Gasteiger partial charge >= 0.3 is 6.18 Å². The van der Waals surface area contributed by atoms with Crippen LogP contribution in [-0.4, -0.2) is 43.3 Å². The van der Waals surface area contributed by atoms with Gasteiger partial charge in [-0.3, -0.25) is 4.79 Å². The van der Waals surface area contributed by atoms with Gasteiger partial charge in [0.1, 0.15) is 9.84 Å². The molecular formula is C15H18F3NO3S. The standard InChI is InChI=1S/C15H18F3NO3S/c1-10(9-23(2,21)22)19(11-7-8-11)14(20)12-5-3-4-6-13(12)15(16,17)18/h3-6,10-11H,7-9H2,1-2H3/t10-/m0/s1. The van der Waals surface area contributed by atoms with Gasteiger partial charge in [0.15, 0.2) is 0 Å². The molecule has 1 saturated carbocycles. The molecule has 1 aromatic carbocycles. The normalized spacial score (nSPS) is 16.9. The van der Waals surface area contributed by atoms with Gasteiger partial charge in [-0.1, -0.05) is 12.1 Å². The van der Waals surface area contributed by atoms with Crippen molar-refractivity contribution in [2.45, 2.75) is 38.0 Å². The monoisotopic (exact) mass is 349 g/mol. The van der Waals surface area contributed by atoms with E-state index in [-0.39, 0.29) is 11.8 Å². The predicted molar refractivity (Wildman–Crippen MR) is 79.8 cm³/mol. The van der Waals surface area contributed by atoms with Crippen molar-refractivity contribution in [2.24, 2.45) is 0 Å². The minimum Gasteiger partial charge on any atom is -0.332 e. The lowest BCUT2D eigenvalue weighted by Crippen LogP contribution is -2.44. The number of halogens is 3. The van der Waals surface area contributed by atoms with Crippen molar-refractivity contribution >= 4 is 15.7 Å². The highest BCUT2D eigenvalue weighted by Crippen LogP contribution is 2.35. The highest BCUT2D eigenvalue weighted by Gasteiger charge is 2.41. The Kier molecular flexibility index (Phi) is 4.75. The van der Waals surface area contributed by atoms with Gasteiger partial charge < -0.3 is 4.90 Å². The number of hydrogen-bond acceptors (Lipinski definition) is 3. The number of sulfone groups is 1. The molecule has 0 radical (unpaired) electrons. The molecule has 0 N–H and O–H groups in total. The maximum Gasteiger partial charge on any atom is 0.417 e. The van der Waals surface area contributed by atoms with E-state index in [4.69, 9.17) is 0 Å². The van der Waals surface area contributed by atoms with E-state index in [0.29, 0.717) is 12.8 Å². The third-order valence-electron chi connectivity index (χ3n) is 3.66. The molecule has 0 spiro atoms. The summed E-state index contributed by atoms with van der Waals surface area (Å²) in [6.07, 6.45) is -2.24. The van der Waals surface area contributed by atoms with Gasteiger partial charge in [0, 0.05) is 18.3 Å². The molecule has 0 aromatic heterocycles. The maximum absolute atomic E-state index is 13.1. The second-order valence-electron chi connectivity index (χ2n) is 5.93. The SMILES string of the molecule is C[C@@H](CS(C)(=O)=O)N(C(=O)c1ccccc1C(F)(F)F)C1CC1. The molecular weight excluding hydrogens is 331 g/mol. The molecule has 1 aliphatic rings.